The van der Waals surface area contributed by atoms with E-state index in [0.717, 1.165) is 0 Å². The zero-order valence-electron chi connectivity index (χ0n) is 8.84. The lowest BCUT2D eigenvalue weighted by atomic mass is 10.0. The van der Waals surface area contributed by atoms with Gasteiger partial charge in [-0.15, -0.1) is 0 Å². The maximum atomic E-state index is 11.7. The molecule has 0 aliphatic carbocycles. The Kier molecular flexibility index (Phi) is 4.33. The third-order valence-corrected chi connectivity index (χ3v) is 2.72. The maximum absolute atomic E-state index is 11.7. The molecule has 0 aromatic heterocycles. The van der Waals surface area contributed by atoms with Crippen LogP contribution < -0.4 is 0 Å². The van der Waals surface area contributed by atoms with Crippen molar-refractivity contribution >= 4 is 35.0 Å². The number of carbonyl (C=O) groups is 2. The van der Waals surface area contributed by atoms with E-state index in [1.54, 1.807) is 6.92 Å². The predicted octanol–water partition coefficient (Wildman–Crippen LogP) is 3.37. The molecule has 0 aliphatic heterocycles. The van der Waals surface area contributed by atoms with E-state index in [1.165, 1.54) is 19.2 Å². The van der Waals surface area contributed by atoms with E-state index in [1.807, 2.05) is 0 Å². The lowest BCUT2D eigenvalue weighted by molar-refractivity contribution is 0.0597. The summed E-state index contributed by atoms with van der Waals surface area (Å²) in [4.78, 5) is 23.2. The van der Waals surface area contributed by atoms with E-state index in [0.29, 0.717) is 0 Å². The predicted molar refractivity (Wildman–Crippen MR) is 62.4 cm³/mol. The number of benzene rings is 1. The third kappa shape index (κ3) is 2.36. The van der Waals surface area contributed by atoms with Gasteiger partial charge in [-0.1, -0.05) is 30.1 Å². The Bertz CT molecular complexity index is 400. The van der Waals surface area contributed by atoms with Crippen molar-refractivity contribution in [2.24, 2.45) is 0 Å². The molecule has 86 valence electrons. The van der Waals surface area contributed by atoms with E-state index >= 15 is 0 Å². The van der Waals surface area contributed by atoms with Crippen molar-refractivity contribution in [3.8, 4) is 0 Å². The number of hydrogen-bond acceptors (Lipinski definition) is 3. The minimum absolute atomic E-state index is 0.0310. The molecule has 1 rings (SSSR count). The molecule has 0 unspecified atom stereocenters. The van der Waals surface area contributed by atoms with Gasteiger partial charge in [0.2, 0.25) is 0 Å². The average molecular weight is 261 g/mol. The molecular formula is C11H10Cl2O3. The van der Waals surface area contributed by atoms with Crippen molar-refractivity contribution in [1.29, 1.82) is 0 Å². The summed E-state index contributed by atoms with van der Waals surface area (Å²) in [7, 11) is 1.22. The Balaban J connectivity index is 3.49. The van der Waals surface area contributed by atoms with E-state index in [9.17, 15) is 9.59 Å². The summed E-state index contributed by atoms with van der Waals surface area (Å²) < 4.78 is 4.57. The maximum Gasteiger partial charge on any atom is 0.340 e. The largest absolute Gasteiger partial charge is 0.465 e. The summed E-state index contributed by atoms with van der Waals surface area (Å²) >= 11 is 11.8. The van der Waals surface area contributed by atoms with Crippen LogP contribution in [0.1, 0.15) is 34.1 Å². The standard InChI is InChI=1S/C11H10Cl2O3/c1-3-8(14)9-6(12)4-5-7(13)10(9)11(15)16-2/h4-5H,3H2,1-2H3. The Labute approximate surface area is 103 Å². The first-order valence-corrected chi connectivity index (χ1v) is 5.38. The van der Waals surface area contributed by atoms with Gasteiger partial charge in [0.05, 0.1) is 28.3 Å². The number of methoxy groups -OCH3 is 1. The molecule has 0 fully saturated rings. The first-order valence-electron chi connectivity index (χ1n) is 4.62. The molecule has 0 heterocycles. The Morgan fingerprint density at radius 3 is 2.12 bits per heavy atom. The molecule has 0 bridgehead atoms. The normalized spacial score (nSPS) is 10.0. The molecule has 1 aromatic rings. The van der Waals surface area contributed by atoms with Crippen molar-refractivity contribution < 1.29 is 14.3 Å². The highest BCUT2D eigenvalue weighted by Crippen LogP contribution is 2.28. The number of ketones is 1. The number of rotatable bonds is 3. The minimum atomic E-state index is -0.663. The summed E-state index contributed by atoms with van der Waals surface area (Å²) in [5.41, 5.74) is 0.159. The van der Waals surface area contributed by atoms with E-state index < -0.39 is 5.97 Å². The molecule has 0 saturated heterocycles. The molecule has 0 aliphatic rings. The first kappa shape index (κ1) is 13.0. The molecule has 0 N–H and O–H groups in total. The summed E-state index contributed by atoms with van der Waals surface area (Å²) in [6.07, 6.45) is 0.240. The molecule has 3 nitrogen and oxygen atoms in total. The highest BCUT2D eigenvalue weighted by Gasteiger charge is 2.22. The van der Waals surface area contributed by atoms with Crippen LogP contribution in [0.25, 0.3) is 0 Å². The van der Waals surface area contributed by atoms with Crippen molar-refractivity contribution in [3.63, 3.8) is 0 Å². The monoisotopic (exact) mass is 260 g/mol. The summed E-state index contributed by atoms with van der Waals surface area (Å²) in [5.74, 6) is -0.905. The van der Waals surface area contributed by atoms with Crippen molar-refractivity contribution in [2.75, 3.05) is 7.11 Å². The summed E-state index contributed by atoms with van der Waals surface area (Å²) in [6.45, 7) is 1.68. The molecule has 1 aromatic carbocycles. The Morgan fingerprint density at radius 2 is 1.69 bits per heavy atom. The molecule has 5 heteroatoms. The lowest BCUT2D eigenvalue weighted by Crippen LogP contribution is -2.11. The van der Waals surface area contributed by atoms with Crippen LogP contribution in [-0.4, -0.2) is 18.9 Å². The van der Waals surface area contributed by atoms with Crippen LogP contribution in [0.15, 0.2) is 12.1 Å². The fraction of sp³-hybridized carbons (Fsp3) is 0.273. The van der Waals surface area contributed by atoms with Gasteiger partial charge >= 0.3 is 5.97 Å². The van der Waals surface area contributed by atoms with Crippen molar-refractivity contribution in [2.45, 2.75) is 13.3 Å². The number of halogens is 2. The van der Waals surface area contributed by atoms with Gasteiger partial charge in [0.25, 0.3) is 0 Å². The fourth-order valence-corrected chi connectivity index (χ4v) is 1.80. The second-order valence-electron chi connectivity index (χ2n) is 3.05. The van der Waals surface area contributed by atoms with Gasteiger partial charge in [0.15, 0.2) is 5.78 Å². The quantitative estimate of drug-likeness (QED) is 0.618. The lowest BCUT2D eigenvalue weighted by Gasteiger charge is -2.09. The third-order valence-electron chi connectivity index (χ3n) is 2.09. The van der Waals surface area contributed by atoms with Crippen LogP contribution >= 0.6 is 23.2 Å². The molecule has 0 radical (unpaired) electrons. The second-order valence-corrected chi connectivity index (χ2v) is 3.86. The number of carbonyl (C=O) groups excluding carboxylic acids is 2. The van der Waals surface area contributed by atoms with Crippen molar-refractivity contribution in [3.05, 3.63) is 33.3 Å². The van der Waals surface area contributed by atoms with Gasteiger partial charge in [-0.05, 0) is 12.1 Å². The summed E-state index contributed by atoms with van der Waals surface area (Å²) in [5, 5.41) is 0.365. The Hall–Kier alpha value is -1.06. The van der Waals surface area contributed by atoms with E-state index in [2.05, 4.69) is 4.74 Å². The minimum Gasteiger partial charge on any atom is -0.465 e. The van der Waals surface area contributed by atoms with E-state index in [4.69, 9.17) is 23.2 Å². The van der Waals surface area contributed by atoms with Gasteiger partial charge in [0, 0.05) is 6.42 Å². The van der Waals surface area contributed by atoms with Crippen LogP contribution in [0.2, 0.25) is 10.0 Å². The van der Waals surface area contributed by atoms with Crippen LogP contribution in [0.5, 0.6) is 0 Å². The smallest absolute Gasteiger partial charge is 0.340 e. The molecule has 0 amide bonds. The van der Waals surface area contributed by atoms with Gasteiger partial charge in [-0.3, -0.25) is 4.79 Å². The van der Waals surface area contributed by atoms with Gasteiger partial charge < -0.3 is 4.74 Å². The fourth-order valence-electron chi connectivity index (χ4n) is 1.30. The molecule has 0 spiro atoms. The topological polar surface area (TPSA) is 43.4 Å². The van der Waals surface area contributed by atoms with Gasteiger partial charge in [-0.2, -0.15) is 0 Å². The molecule has 0 atom stereocenters. The number of hydrogen-bond donors (Lipinski definition) is 0. The average Bonchev–Trinajstić information content (AvgIpc) is 2.29. The molecule has 16 heavy (non-hydrogen) atoms. The van der Waals surface area contributed by atoms with Crippen LogP contribution in [0.4, 0.5) is 0 Å². The Morgan fingerprint density at radius 1 is 1.19 bits per heavy atom. The van der Waals surface area contributed by atoms with Gasteiger partial charge in [0.1, 0.15) is 0 Å². The molecular weight excluding hydrogens is 251 g/mol. The highest BCUT2D eigenvalue weighted by molar-refractivity contribution is 6.38. The zero-order chi connectivity index (χ0) is 12.3. The second kappa shape index (κ2) is 5.32. The number of ether oxygens (including phenoxy) is 1. The van der Waals surface area contributed by atoms with Gasteiger partial charge in [-0.25, -0.2) is 4.79 Å². The van der Waals surface area contributed by atoms with E-state index in [-0.39, 0.29) is 33.4 Å². The SMILES string of the molecule is CCC(=O)c1c(Cl)ccc(Cl)c1C(=O)OC. The molecule has 0 saturated carbocycles. The highest BCUT2D eigenvalue weighted by atomic mass is 35.5. The summed E-state index contributed by atoms with van der Waals surface area (Å²) in [6, 6.07) is 2.95. The zero-order valence-corrected chi connectivity index (χ0v) is 10.4. The van der Waals surface area contributed by atoms with Crippen LogP contribution in [-0.2, 0) is 4.74 Å². The van der Waals surface area contributed by atoms with Crippen LogP contribution in [0.3, 0.4) is 0 Å². The number of esters is 1. The first-order chi connectivity index (χ1) is 7.52. The van der Waals surface area contributed by atoms with Crippen molar-refractivity contribution in [1.82, 2.24) is 0 Å². The number of Topliss-reactive ketones (excluding diaryl/α,β-unsaturated/α-hetero) is 1. The van der Waals surface area contributed by atoms with Crippen LogP contribution in [0, 0.1) is 0 Å².